The lowest BCUT2D eigenvalue weighted by atomic mass is 10.5. The van der Waals surface area contributed by atoms with Crippen molar-refractivity contribution in [2.24, 2.45) is 0 Å². The third kappa shape index (κ3) is 1.29. The second kappa shape index (κ2) is 2.82. The molecule has 0 aromatic rings. The summed E-state index contributed by atoms with van der Waals surface area (Å²) in [7, 11) is 3.56. The first kappa shape index (κ1) is 7.91. The van der Waals surface area contributed by atoms with Crippen LogP contribution in [0.4, 0.5) is 4.79 Å². The molecular formula is C7H13N3O. The van der Waals surface area contributed by atoms with Gasteiger partial charge in [0.25, 0.3) is 0 Å². The van der Waals surface area contributed by atoms with Crippen molar-refractivity contribution >= 4 is 6.03 Å². The second-order valence-electron chi connectivity index (χ2n) is 2.56. The minimum atomic E-state index is -0.0712. The third-order valence-electron chi connectivity index (χ3n) is 1.90. The van der Waals surface area contributed by atoms with Crippen molar-refractivity contribution in [1.82, 2.24) is 15.1 Å². The maximum Gasteiger partial charge on any atom is 0.322 e. The first-order valence-corrected chi connectivity index (χ1v) is 3.57. The van der Waals surface area contributed by atoms with E-state index >= 15 is 0 Å². The lowest BCUT2D eigenvalue weighted by Gasteiger charge is -2.24. The largest absolute Gasteiger partial charge is 0.359 e. The highest BCUT2D eigenvalue weighted by Gasteiger charge is 2.23. The number of carbonyl (C=O) groups is 1. The van der Waals surface area contributed by atoms with Gasteiger partial charge in [-0.25, -0.2) is 4.79 Å². The van der Waals surface area contributed by atoms with Crippen molar-refractivity contribution in [3.63, 3.8) is 0 Å². The summed E-state index contributed by atoms with van der Waals surface area (Å²) in [4.78, 5) is 14.7. The van der Waals surface area contributed by atoms with Gasteiger partial charge >= 0.3 is 6.03 Å². The topological polar surface area (TPSA) is 35.6 Å². The Balaban J connectivity index is 2.62. The van der Waals surface area contributed by atoms with Crippen LogP contribution in [0.3, 0.4) is 0 Å². The molecule has 0 unspecified atom stereocenters. The minimum Gasteiger partial charge on any atom is -0.359 e. The average molecular weight is 155 g/mol. The Labute approximate surface area is 66.5 Å². The van der Waals surface area contributed by atoms with Crippen LogP contribution in [0, 0.1) is 0 Å². The van der Waals surface area contributed by atoms with Crippen LogP contribution in [-0.4, -0.2) is 36.1 Å². The highest BCUT2D eigenvalue weighted by atomic mass is 16.2. The maximum atomic E-state index is 11.1. The molecule has 62 valence electrons. The number of hydrogen-bond acceptors (Lipinski definition) is 2. The Morgan fingerprint density at radius 2 is 2.18 bits per heavy atom. The third-order valence-corrected chi connectivity index (χ3v) is 1.90. The molecule has 2 amide bonds. The summed E-state index contributed by atoms with van der Waals surface area (Å²) in [6, 6.07) is -0.0712. The predicted octanol–water partition coefficient (Wildman–Crippen LogP) is 0.390. The Bertz CT molecular complexity index is 190. The molecule has 1 heterocycles. The van der Waals surface area contributed by atoms with Crippen molar-refractivity contribution in [2.75, 3.05) is 14.1 Å². The summed E-state index contributed by atoms with van der Waals surface area (Å²) in [5.74, 6) is 0. The number of urea groups is 1. The lowest BCUT2D eigenvalue weighted by Crippen LogP contribution is -2.42. The molecule has 0 bridgehead atoms. The SMILES string of the molecule is CNC(=O)N1C=CN(C)[C@H]1C. The molecule has 11 heavy (non-hydrogen) atoms. The summed E-state index contributed by atoms with van der Waals surface area (Å²) in [5, 5.41) is 2.57. The van der Waals surface area contributed by atoms with Gasteiger partial charge in [-0.2, -0.15) is 0 Å². The summed E-state index contributed by atoms with van der Waals surface area (Å²) in [6.45, 7) is 1.97. The average Bonchev–Trinajstić information content (AvgIpc) is 2.32. The molecule has 1 rings (SSSR count). The normalized spacial score (nSPS) is 22.6. The Morgan fingerprint density at radius 3 is 2.55 bits per heavy atom. The van der Waals surface area contributed by atoms with Gasteiger partial charge in [-0.15, -0.1) is 0 Å². The van der Waals surface area contributed by atoms with E-state index in [0.29, 0.717) is 0 Å². The van der Waals surface area contributed by atoms with E-state index in [4.69, 9.17) is 0 Å². The van der Waals surface area contributed by atoms with Crippen LogP contribution >= 0.6 is 0 Å². The molecule has 1 aliphatic heterocycles. The zero-order valence-corrected chi connectivity index (χ0v) is 7.03. The quantitative estimate of drug-likeness (QED) is 0.549. The van der Waals surface area contributed by atoms with E-state index in [1.54, 1.807) is 18.1 Å². The fraction of sp³-hybridized carbons (Fsp3) is 0.571. The highest BCUT2D eigenvalue weighted by Crippen LogP contribution is 2.12. The first-order valence-electron chi connectivity index (χ1n) is 3.57. The Morgan fingerprint density at radius 1 is 1.55 bits per heavy atom. The number of rotatable bonds is 0. The van der Waals surface area contributed by atoms with Crippen LogP contribution in [0.5, 0.6) is 0 Å². The van der Waals surface area contributed by atoms with Crippen molar-refractivity contribution < 1.29 is 4.79 Å². The number of amides is 2. The van der Waals surface area contributed by atoms with Crippen LogP contribution in [0.2, 0.25) is 0 Å². The molecule has 1 aliphatic rings. The molecule has 0 saturated heterocycles. The smallest absolute Gasteiger partial charge is 0.322 e. The standard InChI is InChI=1S/C7H13N3O/c1-6-9(3)4-5-10(6)7(11)8-2/h4-6H,1-3H3,(H,8,11)/t6-/m1/s1. The molecule has 0 aromatic heterocycles. The fourth-order valence-corrected chi connectivity index (χ4v) is 0.989. The second-order valence-corrected chi connectivity index (χ2v) is 2.56. The number of carbonyl (C=O) groups excluding carboxylic acids is 1. The fourth-order valence-electron chi connectivity index (χ4n) is 0.989. The van der Waals surface area contributed by atoms with Gasteiger partial charge in [-0.05, 0) is 6.92 Å². The van der Waals surface area contributed by atoms with Gasteiger partial charge in [0.05, 0.1) is 0 Å². The van der Waals surface area contributed by atoms with Gasteiger partial charge in [0.1, 0.15) is 6.17 Å². The van der Waals surface area contributed by atoms with Gasteiger partial charge in [-0.1, -0.05) is 0 Å². The summed E-state index contributed by atoms with van der Waals surface area (Å²) in [6.07, 6.45) is 3.76. The van der Waals surface area contributed by atoms with Crippen LogP contribution in [0.1, 0.15) is 6.92 Å². The molecule has 0 radical (unpaired) electrons. The van der Waals surface area contributed by atoms with Gasteiger partial charge < -0.3 is 10.2 Å². The Kier molecular flexibility index (Phi) is 2.03. The molecule has 4 heteroatoms. The van der Waals surface area contributed by atoms with Gasteiger partial charge in [0.15, 0.2) is 0 Å². The highest BCUT2D eigenvalue weighted by molar-refractivity contribution is 5.75. The van der Waals surface area contributed by atoms with Crippen LogP contribution in [0.15, 0.2) is 12.4 Å². The predicted molar refractivity (Wildman–Crippen MR) is 42.7 cm³/mol. The van der Waals surface area contributed by atoms with E-state index in [1.165, 1.54) is 0 Å². The van der Waals surface area contributed by atoms with Crippen molar-refractivity contribution in [1.29, 1.82) is 0 Å². The monoisotopic (exact) mass is 155 g/mol. The van der Waals surface area contributed by atoms with Crippen LogP contribution in [0.25, 0.3) is 0 Å². The zero-order chi connectivity index (χ0) is 8.43. The zero-order valence-electron chi connectivity index (χ0n) is 7.03. The number of hydrogen-bond donors (Lipinski definition) is 1. The van der Waals surface area contributed by atoms with E-state index < -0.39 is 0 Å². The maximum absolute atomic E-state index is 11.1. The number of nitrogens with one attached hydrogen (secondary N) is 1. The van der Waals surface area contributed by atoms with Gasteiger partial charge in [-0.3, -0.25) is 4.90 Å². The molecule has 4 nitrogen and oxygen atoms in total. The van der Waals surface area contributed by atoms with Gasteiger partial charge in [0, 0.05) is 26.5 Å². The van der Waals surface area contributed by atoms with E-state index in [-0.39, 0.29) is 12.2 Å². The van der Waals surface area contributed by atoms with E-state index in [0.717, 1.165) is 0 Å². The summed E-state index contributed by atoms with van der Waals surface area (Å²) in [5.41, 5.74) is 0. The molecule has 0 spiro atoms. The van der Waals surface area contributed by atoms with Crippen molar-refractivity contribution in [3.05, 3.63) is 12.4 Å². The molecular weight excluding hydrogens is 142 g/mol. The molecule has 0 aromatic carbocycles. The van der Waals surface area contributed by atoms with E-state index in [1.807, 2.05) is 25.1 Å². The molecule has 0 saturated carbocycles. The minimum absolute atomic E-state index is 0.0712. The van der Waals surface area contributed by atoms with Gasteiger partial charge in [0.2, 0.25) is 0 Å². The van der Waals surface area contributed by atoms with Crippen molar-refractivity contribution in [2.45, 2.75) is 13.1 Å². The first-order chi connectivity index (χ1) is 5.16. The molecule has 0 fully saturated rings. The Hall–Kier alpha value is -1.19. The summed E-state index contributed by atoms with van der Waals surface area (Å²) < 4.78 is 0. The summed E-state index contributed by atoms with van der Waals surface area (Å²) >= 11 is 0. The van der Waals surface area contributed by atoms with Crippen LogP contribution < -0.4 is 5.32 Å². The molecule has 1 N–H and O–H groups in total. The molecule has 0 aliphatic carbocycles. The van der Waals surface area contributed by atoms with Crippen LogP contribution in [-0.2, 0) is 0 Å². The number of nitrogens with zero attached hydrogens (tertiary/aromatic N) is 2. The van der Waals surface area contributed by atoms with E-state index in [9.17, 15) is 4.79 Å². The van der Waals surface area contributed by atoms with E-state index in [2.05, 4.69) is 5.32 Å². The lowest BCUT2D eigenvalue weighted by molar-refractivity contribution is 0.178. The van der Waals surface area contributed by atoms with Crippen molar-refractivity contribution in [3.8, 4) is 0 Å². The molecule has 1 atom stereocenters.